The van der Waals surface area contributed by atoms with E-state index in [0.29, 0.717) is 18.6 Å². The fourth-order valence-corrected chi connectivity index (χ4v) is 2.33. The van der Waals surface area contributed by atoms with E-state index in [1.54, 1.807) is 7.11 Å². The summed E-state index contributed by atoms with van der Waals surface area (Å²) in [6, 6.07) is 8.81. The highest BCUT2D eigenvalue weighted by molar-refractivity contribution is 5.80. The fraction of sp³-hybridized carbons (Fsp3) is 0.500. The quantitative estimate of drug-likeness (QED) is 0.864. The van der Waals surface area contributed by atoms with Crippen molar-refractivity contribution < 1.29 is 4.74 Å². The average molecular weight is 247 g/mol. The van der Waals surface area contributed by atoms with Gasteiger partial charge in [0, 0.05) is 13.7 Å². The molecule has 2 rings (SSSR count). The van der Waals surface area contributed by atoms with Crippen LogP contribution >= 0.6 is 0 Å². The van der Waals surface area contributed by atoms with Gasteiger partial charge >= 0.3 is 0 Å². The van der Waals surface area contributed by atoms with Crippen molar-refractivity contribution in [3.05, 3.63) is 35.4 Å². The first kappa shape index (κ1) is 12.9. The molecule has 0 saturated heterocycles. The maximum atomic E-state index is 5.93. The van der Waals surface area contributed by atoms with Gasteiger partial charge in [-0.2, -0.15) is 0 Å². The van der Waals surface area contributed by atoms with E-state index < -0.39 is 0 Å². The Hall–Kier alpha value is -1.55. The number of nitrogens with zero attached hydrogens (tertiary/aromatic N) is 2. The zero-order valence-corrected chi connectivity index (χ0v) is 11.1. The minimum absolute atomic E-state index is 0.293. The summed E-state index contributed by atoms with van der Waals surface area (Å²) < 4.78 is 5.12. The maximum absolute atomic E-state index is 5.93. The highest BCUT2D eigenvalue weighted by atomic mass is 16.5. The van der Waals surface area contributed by atoms with Gasteiger partial charge in [0.15, 0.2) is 5.96 Å². The van der Waals surface area contributed by atoms with Gasteiger partial charge in [-0.1, -0.05) is 31.2 Å². The first-order valence-corrected chi connectivity index (χ1v) is 6.40. The van der Waals surface area contributed by atoms with Gasteiger partial charge < -0.3 is 15.4 Å². The van der Waals surface area contributed by atoms with E-state index in [-0.39, 0.29) is 0 Å². The van der Waals surface area contributed by atoms with E-state index in [4.69, 9.17) is 10.5 Å². The number of ether oxygens (including phenoxy) is 1. The Labute approximate surface area is 108 Å². The number of rotatable bonds is 5. The molecule has 0 radical (unpaired) electrons. The summed E-state index contributed by atoms with van der Waals surface area (Å²) in [5, 5.41) is 0. The van der Waals surface area contributed by atoms with E-state index >= 15 is 0 Å². The van der Waals surface area contributed by atoms with E-state index in [2.05, 4.69) is 41.1 Å². The topological polar surface area (TPSA) is 50.8 Å². The predicted molar refractivity (Wildman–Crippen MR) is 73.4 cm³/mol. The van der Waals surface area contributed by atoms with Crippen molar-refractivity contribution in [2.75, 3.05) is 20.2 Å². The molecule has 1 atom stereocenters. The average Bonchev–Trinajstić information content (AvgIpc) is 2.73. The second kappa shape index (κ2) is 5.87. The molecule has 1 aromatic carbocycles. The van der Waals surface area contributed by atoms with Crippen molar-refractivity contribution in [2.24, 2.45) is 10.7 Å². The lowest BCUT2D eigenvalue weighted by atomic mass is 10.0. The van der Waals surface area contributed by atoms with E-state index in [0.717, 1.165) is 19.5 Å². The second-order valence-electron chi connectivity index (χ2n) is 4.58. The Kier molecular flexibility index (Phi) is 4.20. The van der Waals surface area contributed by atoms with Gasteiger partial charge in [-0.25, -0.2) is 0 Å². The van der Waals surface area contributed by atoms with Gasteiger partial charge in [0.2, 0.25) is 0 Å². The third kappa shape index (κ3) is 2.64. The number of guanidine groups is 1. The maximum Gasteiger partial charge on any atom is 0.191 e. The van der Waals surface area contributed by atoms with Gasteiger partial charge in [0.25, 0.3) is 0 Å². The molecule has 0 amide bonds. The van der Waals surface area contributed by atoms with Crippen LogP contribution in [-0.4, -0.2) is 31.1 Å². The molecule has 4 nitrogen and oxygen atoms in total. The fourth-order valence-electron chi connectivity index (χ4n) is 2.33. The number of nitrogens with two attached hydrogens (primary N) is 1. The minimum atomic E-state index is 0.293. The Bertz CT molecular complexity index is 414. The number of hydrogen-bond donors (Lipinski definition) is 1. The van der Waals surface area contributed by atoms with Crippen LogP contribution in [0.2, 0.25) is 0 Å². The lowest BCUT2D eigenvalue weighted by Gasteiger charge is -2.26. The molecule has 0 spiro atoms. The molecule has 18 heavy (non-hydrogen) atoms. The molecule has 98 valence electrons. The van der Waals surface area contributed by atoms with E-state index in [1.807, 2.05) is 0 Å². The first-order valence-electron chi connectivity index (χ1n) is 6.40. The third-order valence-corrected chi connectivity index (χ3v) is 3.24. The summed E-state index contributed by atoms with van der Waals surface area (Å²) in [5.41, 5.74) is 8.39. The Morgan fingerprint density at radius 3 is 2.72 bits per heavy atom. The molecule has 1 aliphatic rings. The molecule has 1 heterocycles. The van der Waals surface area contributed by atoms with Crippen LogP contribution in [0.3, 0.4) is 0 Å². The predicted octanol–water partition coefficient (Wildman–Crippen LogP) is 1.91. The van der Waals surface area contributed by atoms with Crippen molar-refractivity contribution in [1.29, 1.82) is 0 Å². The standard InChI is InChI=1S/C14H21N3O/c1-3-8-17-13(9-16-14(17)15)12-6-4-11(5-7-12)10-18-2/h4-7,13H,3,8-10H2,1-2H3,(H2,15,16). The van der Waals surface area contributed by atoms with Crippen LogP contribution in [0.1, 0.15) is 30.5 Å². The molecule has 0 fully saturated rings. The number of methoxy groups -OCH3 is 1. The molecule has 0 saturated carbocycles. The van der Waals surface area contributed by atoms with Crippen molar-refractivity contribution >= 4 is 5.96 Å². The minimum Gasteiger partial charge on any atom is -0.380 e. The molecule has 1 aliphatic heterocycles. The van der Waals surface area contributed by atoms with Gasteiger partial charge in [-0.15, -0.1) is 0 Å². The molecular weight excluding hydrogens is 226 g/mol. The molecule has 0 aromatic heterocycles. The van der Waals surface area contributed by atoms with Crippen LogP contribution in [0, 0.1) is 0 Å². The van der Waals surface area contributed by atoms with Crippen molar-refractivity contribution in [1.82, 2.24) is 4.90 Å². The van der Waals surface area contributed by atoms with Crippen LogP contribution in [0.5, 0.6) is 0 Å². The normalized spacial score (nSPS) is 19.1. The zero-order chi connectivity index (χ0) is 13.0. The third-order valence-electron chi connectivity index (χ3n) is 3.24. The number of hydrogen-bond acceptors (Lipinski definition) is 4. The molecule has 2 N–H and O–H groups in total. The van der Waals surface area contributed by atoms with Gasteiger partial charge in [0.1, 0.15) is 0 Å². The lowest BCUT2D eigenvalue weighted by Crippen LogP contribution is -2.36. The van der Waals surface area contributed by atoms with Crippen molar-refractivity contribution in [2.45, 2.75) is 26.0 Å². The molecular formula is C14H21N3O. The monoisotopic (exact) mass is 247 g/mol. The van der Waals surface area contributed by atoms with Crippen LogP contribution in [-0.2, 0) is 11.3 Å². The summed E-state index contributed by atoms with van der Waals surface area (Å²) in [6.07, 6.45) is 1.08. The van der Waals surface area contributed by atoms with E-state index in [9.17, 15) is 0 Å². The smallest absolute Gasteiger partial charge is 0.191 e. The molecule has 1 unspecified atom stereocenters. The van der Waals surface area contributed by atoms with Crippen molar-refractivity contribution in [3.8, 4) is 0 Å². The van der Waals surface area contributed by atoms with E-state index in [1.165, 1.54) is 11.1 Å². The second-order valence-corrected chi connectivity index (χ2v) is 4.58. The van der Waals surface area contributed by atoms with Crippen LogP contribution < -0.4 is 5.73 Å². The molecule has 0 bridgehead atoms. The largest absolute Gasteiger partial charge is 0.380 e. The lowest BCUT2D eigenvalue weighted by molar-refractivity contribution is 0.185. The highest BCUT2D eigenvalue weighted by Gasteiger charge is 2.26. The van der Waals surface area contributed by atoms with Gasteiger partial charge in [-0.3, -0.25) is 4.99 Å². The SMILES string of the molecule is CCCN1C(N)=NCC1c1ccc(COC)cc1. The number of benzene rings is 1. The highest BCUT2D eigenvalue weighted by Crippen LogP contribution is 2.25. The summed E-state index contributed by atoms with van der Waals surface area (Å²) in [4.78, 5) is 6.53. The van der Waals surface area contributed by atoms with Crippen LogP contribution in [0.15, 0.2) is 29.3 Å². The first-order chi connectivity index (χ1) is 8.76. The molecule has 1 aromatic rings. The summed E-state index contributed by atoms with van der Waals surface area (Å²) in [6.45, 7) is 4.53. The summed E-state index contributed by atoms with van der Waals surface area (Å²) in [7, 11) is 1.71. The Balaban J connectivity index is 2.11. The molecule has 4 heteroatoms. The van der Waals surface area contributed by atoms with Crippen molar-refractivity contribution in [3.63, 3.8) is 0 Å². The van der Waals surface area contributed by atoms with Crippen LogP contribution in [0.4, 0.5) is 0 Å². The Morgan fingerprint density at radius 2 is 2.11 bits per heavy atom. The zero-order valence-electron chi connectivity index (χ0n) is 11.1. The van der Waals surface area contributed by atoms with Gasteiger partial charge in [-0.05, 0) is 17.5 Å². The summed E-state index contributed by atoms with van der Waals surface area (Å²) >= 11 is 0. The van der Waals surface area contributed by atoms with Crippen LogP contribution in [0.25, 0.3) is 0 Å². The summed E-state index contributed by atoms with van der Waals surface area (Å²) in [5.74, 6) is 0.669. The number of aliphatic imine (C=N–C) groups is 1. The molecule has 0 aliphatic carbocycles. The van der Waals surface area contributed by atoms with Gasteiger partial charge in [0.05, 0.1) is 19.2 Å². The Morgan fingerprint density at radius 1 is 1.39 bits per heavy atom.